The fourth-order valence-electron chi connectivity index (χ4n) is 1.89. The standard InChI is InChI=1S/C12H15N3O/c1-8(16)15-7-10(11(14)6-13)9-4-2-3-5-12(9)15/h2-5,7,11H,6,13-14H2,1H3/t11-/m0/s1. The van der Waals surface area contributed by atoms with Crippen LogP contribution in [-0.2, 0) is 0 Å². The van der Waals surface area contributed by atoms with E-state index in [1.54, 1.807) is 10.8 Å². The van der Waals surface area contributed by atoms with Gasteiger partial charge in [-0.15, -0.1) is 0 Å². The lowest BCUT2D eigenvalue weighted by molar-refractivity contribution is 0.0941. The molecule has 4 N–H and O–H groups in total. The van der Waals surface area contributed by atoms with Gasteiger partial charge in [0.15, 0.2) is 0 Å². The molecule has 1 aromatic heterocycles. The molecule has 0 amide bonds. The van der Waals surface area contributed by atoms with E-state index >= 15 is 0 Å². The Kier molecular flexibility index (Phi) is 2.77. The molecule has 0 unspecified atom stereocenters. The van der Waals surface area contributed by atoms with Crippen LogP contribution in [-0.4, -0.2) is 17.0 Å². The van der Waals surface area contributed by atoms with Gasteiger partial charge in [-0.1, -0.05) is 18.2 Å². The second-order valence-electron chi connectivity index (χ2n) is 3.83. The van der Waals surface area contributed by atoms with Gasteiger partial charge in [0.2, 0.25) is 5.91 Å². The third kappa shape index (κ3) is 1.62. The molecule has 4 heteroatoms. The Labute approximate surface area is 93.8 Å². The zero-order valence-corrected chi connectivity index (χ0v) is 9.18. The molecular formula is C12H15N3O. The largest absolute Gasteiger partial charge is 0.329 e. The summed E-state index contributed by atoms with van der Waals surface area (Å²) in [6.07, 6.45) is 1.78. The van der Waals surface area contributed by atoms with Gasteiger partial charge in [-0.05, 0) is 11.6 Å². The summed E-state index contributed by atoms with van der Waals surface area (Å²) in [7, 11) is 0. The van der Waals surface area contributed by atoms with Crippen LogP contribution >= 0.6 is 0 Å². The van der Waals surface area contributed by atoms with Gasteiger partial charge in [-0.2, -0.15) is 0 Å². The predicted octanol–water partition coefficient (Wildman–Crippen LogP) is 1.26. The van der Waals surface area contributed by atoms with E-state index in [1.807, 2.05) is 24.3 Å². The van der Waals surface area contributed by atoms with Gasteiger partial charge in [0, 0.05) is 31.1 Å². The number of benzene rings is 1. The lowest BCUT2D eigenvalue weighted by Crippen LogP contribution is -2.20. The lowest BCUT2D eigenvalue weighted by atomic mass is 10.1. The summed E-state index contributed by atoms with van der Waals surface area (Å²) >= 11 is 0. The molecule has 0 radical (unpaired) electrons. The second kappa shape index (κ2) is 4.08. The minimum atomic E-state index is -0.231. The first kappa shape index (κ1) is 10.9. The van der Waals surface area contributed by atoms with Crippen molar-refractivity contribution in [3.05, 3.63) is 36.0 Å². The molecule has 0 saturated carbocycles. The quantitative estimate of drug-likeness (QED) is 0.795. The number of nitrogens with zero attached hydrogens (tertiary/aromatic N) is 1. The Balaban J connectivity index is 2.71. The molecule has 0 fully saturated rings. The molecule has 0 aliphatic rings. The smallest absolute Gasteiger partial charge is 0.227 e. The van der Waals surface area contributed by atoms with Crippen molar-refractivity contribution in [2.24, 2.45) is 11.5 Å². The Morgan fingerprint density at radius 3 is 2.75 bits per heavy atom. The zero-order valence-electron chi connectivity index (χ0n) is 9.18. The fourth-order valence-corrected chi connectivity index (χ4v) is 1.89. The average molecular weight is 217 g/mol. The van der Waals surface area contributed by atoms with E-state index in [0.29, 0.717) is 6.54 Å². The summed E-state index contributed by atoms with van der Waals surface area (Å²) < 4.78 is 1.61. The Bertz CT molecular complexity index is 530. The number of carbonyl (C=O) groups excluding carboxylic acids is 1. The first-order valence-electron chi connectivity index (χ1n) is 5.21. The number of fused-ring (bicyclic) bond motifs is 1. The second-order valence-corrected chi connectivity index (χ2v) is 3.83. The van der Waals surface area contributed by atoms with Crippen LogP contribution in [0.15, 0.2) is 30.5 Å². The molecule has 16 heavy (non-hydrogen) atoms. The van der Waals surface area contributed by atoms with Crippen LogP contribution in [0, 0.1) is 0 Å². The normalized spacial score (nSPS) is 12.9. The Morgan fingerprint density at radius 2 is 2.12 bits per heavy atom. The van der Waals surface area contributed by atoms with Crippen molar-refractivity contribution in [2.75, 3.05) is 6.54 Å². The number of nitrogens with two attached hydrogens (primary N) is 2. The summed E-state index contributed by atoms with van der Waals surface area (Å²) in [6.45, 7) is 1.90. The minimum Gasteiger partial charge on any atom is -0.329 e. The highest BCUT2D eigenvalue weighted by atomic mass is 16.1. The van der Waals surface area contributed by atoms with Crippen molar-refractivity contribution in [1.82, 2.24) is 4.57 Å². The molecule has 1 aromatic carbocycles. The predicted molar refractivity (Wildman–Crippen MR) is 64.2 cm³/mol. The Hall–Kier alpha value is -1.65. The summed E-state index contributed by atoms with van der Waals surface area (Å²) in [5, 5.41) is 0.996. The maximum Gasteiger partial charge on any atom is 0.227 e. The van der Waals surface area contributed by atoms with Crippen molar-refractivity contribution in [3.63, 3.8) is 0 Å². The van der Waals surface area contributed by atoms with Crippen molar-refractivity contribution in [2.45, 2.75) is 13.0 Å². The molecule has 0 spiro atoms. The van der Waals surface area contributed by atoms with E-state index in [-0.39, 0.29) is 11.9 Å². The Morgan fingerprint density at radius 1 is 1.44 bits per heavy atom. The molecule has 4 nitrogen and oxygen atoms in total. The highest BCUT2D eigenvalue weighted by Crippen LogP contribution is 2.24. The number of rotatable bonds is 2. The fraction of sp³-hybridized carbons (Fsp3) is 0.250. The van der Waals surface area contributed by atoms with Gasteiger partial charge in [-0.3, -0.25) is 9.36 Å². The molecule has 0 aliphatic heterocycles. The first-order valence-corrected chi connectivity index (χ1v) is 5.21. The highest BCUT2D eigenvalue weighted by molar-refractivity contribution is 5.93. The van der Waals surface area contributed by atoms with E-state index in [9.17, 15) is 4.79 Å². The number of hydrogen-bond acceptors (Lipinski definition) is 3. The summed E-state index contributed by atoms with van der Waals surface area (Å²) in [5.41, 5.74) is 13.3. The van der Waals surface area contributed by atoms with Gasteiger partial charge >= 0.3 is 0 Å². The number of hydrogen-bond donors (Lipinski definition) is 2. The number of para-hydroxylation sites is 1. The maximum atomic E-state index is 11.5. The maximum absolute atomic E-state index is 11.5. The minimum absolute atomic E-state index is 0.0216. The van der Waals surface area contributed by atoms with E-state index in [1.165, 1.54) is 6.92 Å². The van der Waals surface area contributed by atoms with Crippen LogP contribution in [0.1, 0.15) is 23.3 Å². The molecule has 0 saturated heterocycles. The molecule has 1 heterocycles. The molecule has 1 atom stereocenters. The third-order valence-electron chi connectivity index (χ3n) is 2.74. The van der Waals surface area contributed by atoms with Gasteiger partial charge < -0.3 is 11.5 Å². The average Bonchev–Trinajstić information content (AvgIpc) is 2.67. The zero-order chi connectivity index (χ0) is 11.7. The van der Waals surface area contributed by atoms with Crippen molar-refractivity contribution in [3.8, 4) is 0 Å². The lowest BCUT2D eigenvalue weighted by Gasteiger charge is -2.06. The van der Waals surface area contributed by atoms with Gasteiger partial charge in [0.25, 0.3) is 0 Å². The van der Waals surface area contributed by atoms with E-state index < -0.39 is 0 Å². The topological polar surface area (TPSA) is 74.0 Å². The van der Waals surface area contributed by atoms with Gasteiger partial charge in [-0.25, -0.2) is 0 Å². The SMILES string of the molecule is CC(=O)n1cc([C@@H](N)CN)c2ccccc21. The number of carbonyl (C=O) groups is 1. The van der Waals surface area contributed by atoms with E-state index in [0.717, 1.165) is 16.5 Å². The molecule has 0 bridgehead atoms. The first-order chi connectivity index (χ1) is 7.65. The highest BCUT2D eigenvalue weighted by Gasteiger charge is 2.14. The molecule has 84 valence electrons. The van der Waals surface area contributed by atoms with Crippen molar-refractivity contribution in [1.29, 1.82) is 0 Å². The molecular weight excluding hydrogens is 202 g/mol. The van der Waals surface area contributed by atoms with Crippen molar-refractivity contribution < 1.29 is 4.79 Å². The van der Waals surface area contributed by atoms with Gasteiger partial charge in [0.05, 0.1) is 5.52 Å². The monoisotopic (exact) mass is 217 g/mol. The van der Waals surface area contributed by atoms with Gasteiger partial charge in [0.1, 0.15) is 0 Å². The third-order valence-corrected chi connectivity index (χ3v) is 2.74. The van der Waals surface area contributed by atoms with Crippen LogP contribution in [0.2, 0.25) is 0 Å². The van der Waals surface area contributed by atoms with Crippen LogP contribution in [0.25, 0.3) is 10.9 Å². The molecule has 2 rings (SSSR count). The van der Waals surface area contributed by atoms with Crippen LogP contribution in [0.4, 0.5) is 0 Å². The van der Waals surface area contributed by atoms with Crippen LogP contribution in [0.3, 0.4) is 0 Å². The summed E-state index contributed by atoms with van der Waals surface area (Å²) in [4.78, 5) is 11.5. The molecule has 0 aliphatic carbocycles. The number of aromatic nitrogens is 1. The van der Waals surface area contributed by atoms with Crippen LogP contribution in [0.5, 0.6) is 0 Å². The summed E-state index contributed by atoms with van der Waals surface area (Å²) in [6, 6.07) is 7.47. The van der Waals surface area contributed by atoms with E-state index in [2.05, 4.69) is 0 Å². The van der Waals surface area contributed by atoms with E-state index in [4.69, 9.17) is 11.5 Å². The van der Waals surface area contributed by atoms with Crippen molar-refractivity contribution >= 4 is 16.8 Å². The van der Waals surface area contributed by atoms with Crippen LogP contribution < -0.4 is 11.5 Å². The molecule has 2 aromatic rings. The summed E-state index contributed by atoms with van der Waals surface area (Å²) in [5.74, 6) is -0.0216.